The fourth-order valence-electron chi connectivity index (χ4n) is 1.79. The van der Waals surface area contributed by atoms with E-state index in [1.54, 1.807) is 26.8 Å². The van der Waals surface area contributed by atoms with Crippen molar-refractivity contribution in [2.24, 2.45) is 5.73 Å². The van der Waals surface area contributed by atoms with E-state index in [0.29, 0.717) is 0 Å². The lowest BCUT2D eigenvalue weighted by Crippen LogP contribution is -2.61. The minimum Gasteiger partial charge on any atom is -0.444 e. The number of benzene rings is 1. The summed E-state index contributed by atoms with van der Waals surface area (Å²) < 4.78 is 45.4. The lowest BCUT2D eigenvalue weighted by atomic mass is 9.89. The number of carbonyl (C=O) groups excluding carboxylic acids is 1. The Bertz CT molecular complexity index is 483. The highest BCUT2D eigenvalue weighted by molar-refractivity contribution is 5.69. The molecule has 0 bridgehead atoms. The number of halogens is 3. The second kappa shape index (κ2) is 5.93. The van der Waals surface area contributed by atoms with E-state index in [1.165, 1.54) is 24.3 Å². The van der Waals surface area contributed by atoms with Gasteiger partial charge in [-0.05, 0) is 26.3 Å². The molecule has 1 aromatic carbocycles. The summed E-state index contributed by atoms with van der Waals surface area (Å²) in [4.78, 5) is 11.8. The standard InChI is InChI=1S/C14H19F3N2O2/c1-12(2,3)21-11(20)19-13(9-18,14(15,16)17)10-7-5-4-6-8-10/h4-8H,9,18H2,1-3H3,(H,19,20)/t13-/m1/s1. The van der Waals surface area contributed by atoms with E-state index < -0.39 is 30.0 Å². The van der Waals surface area contributed by atoms with Gasteiger partial charge in [-0.2, -0.15) is 13.2 Å². The Morgan fingerprint density at radius 2 is 1.71 bits per heavy atom. The molecule has 118 valence electrons. The van der Waals surface area contributed by atoms with Gasteiger partial charge in [0.15, 0.2) is 5.54 Å². The minimum atomic E-state index is -4.76. The second-order valence-corrected chi connectivity index (χ2v) is 5.60. The number of rotatable bonds is 3. The average molecular weight is 304 g/mol. The average Bonchev–Trinajstić information content (AvgIpc) is 2.33. The van der Waals surface area contributed by atoms with Crippen molar-refractivity contribution in [2.75, 3.05) is 6.54 Å². The lowest BCUT2D eigenvalue weighted by Gasteiger charge is -2.36. The zero-order valence-corrected chi connectivity index (χ0v) is 12.1. The quantitative estimate of drug-likeness (QED) is 0.902. The maximum atomic E-state index is 13.5. The number of nitrogens with two attached hydrogens (primary N) is 1. The van der Waals surface area contributed by atoms with Crippen molar-refractivity contribution < 1.29 is 22.7 Å². The maximum absolute atomic E-state index is 13.5. The Balaban J connectivity index is 3.18. The van der Waals surface area contributed by atoms with Crippen molar-refractivity contribution in [1.29, 1.82) is 0 Å². The van der Waals surface area contributed by atoms with Crippen molar-refractivity contribution in [1.82, 2.24) is 5.32 Å². The summed E-state index contributed by atoms with van der Waals surface area (Å²) in [7, 11) is 0. The van der Waals surface area contributed by atoms with E-state index in [2.05, 4.69) is 0 Å². The summed E-state index contributed by atoms with van der Waals surface area (Å²) in [6.45, 7) is 3.85. The van der Waals surface area contributed by atoms with Crippen molar-refractivity contribution in [3.8, 4) is 0 Å². The number of carbonyl (C=O) groups is 1. The van der Waals surface area contributed by atoms with Crippen LogP contribution < -0.4 is 11.1 Å². The number of nitrogens with one attached hydrogen (secondary N) is 1. The highest BCUT2D eigenvalue weighted by atomic mass is 19.4. The number of alkyl carbamates (subject to hydrolysis) is 1. The predicted octanol–water partition coefficient (Wildman–Crippen LogP) is 2.93. The third-order valence-corrected chi connectivity index (χ3v) is 2.77. The fraction of sp³-hybridized carbons (Fsp3) is 0.500. The third kappa shape index (κ3) is 4.10. The monoisotopic (exact) mass is 304 g/mol. The number of hydrogen-bond donors (Lipinski definition) is 2. The maximum Gasteiger partial charge on any atom is 0.417 e. The molecule has 3 N–H and O–H groups in total. The van der Waals surface area contributed by atoms with E-state index in [4.69, 9.17) is 10.5 Å². The third-order valence-electron chi connectivity index (χ3n) is 2.77. The topological polar surface area (TPSA) is 64.3 Å². The summed E-state index contributed by atoms with van der Waals surface area (Å²) in [5, 5.41) is 1.88. The van der Waals surface area contributed by atoms with Crippen molar-refractivity contribution >= 4 is 6.09 Å². The van der Waals surface area contributed by atoms with Gasteiger partial charge in [0.05, 0.1) is 0 Å². The van der Waals surface area contributed by atoms with Crippen LogP contribution in [0.4, 0.5) is 18.0 Å². The van der Waals surface area contributed by atoms with Crippen LogP contribution in [0.2, 0.25) is 0 Å². The van der Waals surface area contributed by atoms with Gasteiger partial charge in [0.2, 0.25) is 0 Å². The largest absolute Gasteiger partial charge is 0.444 e. The highest BCUT2D eigenvalue weighted by Crippen LogP contribution is 2.38. The van der Waals surface area contributed by atoms with Gasteiger partial charge in [-0.1, -0.05) is 30.3 Å². The van der Waals surface area contributed by atoms with Crippen LogP contribution in [-0.2, 0) is 10.3 Å². The van der Waals surface area contributed by atoms with Crippen LogP contribution in [0.5, 0.6) is 0 Å². The van der Waals surface area contributed by atoms with E-state index in [-0.39, 0.29) is 5.56 Å². The van der Waals surface area contributed by atoms with Crippen molar-refractivity contribution in [3.05, 3.63) is 35.9 Å². The van der Waals surface area contributed by atoms with Crippen LogP contribution in [0.15, 0.2) is 30.3 Å². The molecule has 7 heteroatoms. The molecule has 0 aromatic heterocycles. The molecule has 0 radical (unpaired) electrons. The number of alkyl halides is 3. The van der Waals surface area contributed by atoms with Gasteiger partial charge in [-0.3, -0.25) is 0 Å². The van der Waals surface area contributed by atoms with Crippen molar-refractivity contribution in [3.63, 3.8) is 0 Å². The molecule has 0 aliphatic rings. The molecule has 0 heterocycles. The van der Waals surface area contributed by atoms with E-state index >= 15 is 0 Å². The Morgan fingerprint density at radius 3 is 2.10 bits per heavy atom. The summed E-state index contributed by atoms with van der Waals surface area (Å²) in [6, 6.07) is 6.99. The van der Waals surface area contributed by atoms with Gasteiger partial charge >= 0.3 is 12.3 Å². The van der Waals surface area contributed by atoms with Crippen LogP contribution in [0, 0.1) is 0 Å². The lowest BCUT2D eigenvalue weighted by molar-refractivity contribution is -0.196. The molecule has 1 amide bonds. The smallest absolute Gasteiger partial charge is 0.417 e. The van der Waals surface area contributed by atoms with Gasteiger partial charge in [0.1, 0.15) is 5.60 Å². The second-order valence-electron chi connectivity index (χ2n) is 5.60. The van der Waals surface area contributed by atoms with E-state index in [0.717, 1.165) is 0 Å². The first-order chi connectivity index (χ1) is 9.52. The first kappa shape index (κ1) is 17.3. The molecule has 4 nitrogen and oxygen atoms in total. The Morgan fingerprint density at radius 1 is 1.19 bits per heavy atom. The van der Waals surface area contributed by atoms with Crippen LogP contribution in [-0.4, -0.2) is 24.4 Å². The number of hydrogen-bond acceptors (Lipinski definition) is 3. The van der Waals surface area contributed by atoms with Gasteiger partial charge < -0.3 is 15.8 Å². The number of ether oxygens (including phenoxy) is 1. The molecule has 0 saturated heterocycles. The molecule has 1 aromatic rings. The molecular weight excluding hydrogens is 285 g/mol. The molecule has 1 rings (SSSR count). The van der Waals surface area contributed by atoms with Gasteiger partial charge in [0.25, 0.3) is 0 Å². The van der Waals surface area contributed by atoms with Crippen molar-refractivity contribution in [2.45, 2.75) is 38.1 Å². The zero-order valence-electron chi connectivity index (χ0n) is 12.1. The minimum absolute atomic E-state index is 0.147. The first-order valence-electron chi connectivity index (χ1n) is 6.35. The fourth-order valence-corrected chi connectivity index (χ4v) is 1.79. The first-order valence-corrected chi connectivity index (χ1v) is 6.35. The molecule has 0 aliphatic carbocycles. The van der Waals surface area contributed by atoms with Crippen LogP contribution >= 0.6 is 0 Å². The molecule has 0 spiro atoms. The molecule has 0 saturated carbocycles. The summed E-state index contributed by atoms with van der Waals surface area (Å²) in [6.07, 6.45) is -5.94. The Kier molecular flexibility index (Phi) is 4.88. The Labute approximate surface area is 121 Å². The molecule has 0 fully saturated rings. The molecule has 0 unspecified atom stereocenters. The highest BCUT2D eigenvalue weighted by Gasteiger charge is 2.56. The van der Waals surface area contributed by atoms with Crippen LogP contribution in [0.3, 0.4) is 0 Å². The van der Waals surface area contributed by atoms with Crippen LogP contribution in [0.1, 0.15) is 26.3 Å². The number of amides is 1. The zero-order chi connectivity index (χ0) is 16.3. The summed E-state index contributed by atoms with van der Waals surface area (Å²) in [5.41, 5.74) is 1.61. The molecule has 21 heavy (non-hydrogen) atoms. The van der Waals surface area contributed by atoms with Crippen LogP contribution in [0.25, 0.3) is 0 Å². The van der Waals surface area contributed by atoms with E-state index in [1.807, 2.05) is 5.32 Å². The molecule has 0 aliphatic heterocycles. The molecule has 1 atom stereocenters. The van der Waals surface area contributed by atoms with Gasteiger partial charge in [0, 0.05) is 6.54 Å². The molecular formula is C14H19F3N2O2. The normalized spacial score (nSPS) is 15.2. The SMILES string of the molecule is CC(C)(C)OC(=O)N[C@](CN)(c1ccccc1)C(F)(F)F. The van der Waals surface area contributed by atoms with Gasteiger partial charge in [-0.15, -0.1) is 0 Å². The summed E-state index contributed by atoms with van der Waals surface area (Å²) >= 11 is 0. The van der Waals surface area contributed by atoms with Gasteiger partial charge in [-0.25, -0.2) is 4.79 Å². The predicted molar refractivity (Wildman–Crippen MR) is 72.6 cm³/mol. The van der Waals surface area contributed by atoms with E-state index in [9.17, 15) is 18.0 Å². The summed E-state index contributed by atoms with van der Waals surface area (Å²) in [5.74, 6) is 0. The Hall–Kier alpha value is -1.76.